The van der Waals surface area contributed by atoms with Crippen LogP contribution in [0.15, 0.2) is 4.99 Å². The smallest absolute Gasteiger partial charge is 0.239 e. The van der Waals surface area contributed by atoms with Crippen LogP contribution >= 0.6 is 0 Å². The molecule has 7 heteroatoms. The Morgan fingerprint density at radius 1 is 1.20 bits per heavy atom. The molecule has 0 saturated carbocycles. The number of carbonyl (C=O) groups is 1. The molecule has 25 heavy (non-hydrogen) atoms. The van der Waals surface area contributed by atoms with Gasteiger partial charge in [-0.2, -0.15) is 0 Å². The second-order valence-electron chi connectivity index (χ2n) is 8.04. The Morgan fingerprint density at radius 3 is 2.36 bits per heavy atom. The zero-order valence-electron chi connectivity index (χ0n) is 16.8. The zero-order chi connectivity index (χ0) is 18.9. The molecule has 0 bridgehead atoms. The van der Waals surface area contributed by atoms with Crippen LogP contribution in [0.1, 0.15) is 41.0 Å². The van der Waals surface area contributed by atoms with Gasteiger partial charge >= 0.3 is 0 Å². The molecule has 1 atom stereocenters. The highest BCUT2D eigenvalue weighted by Gasteiger charge is 2.22. The van der Waals surface area contributed by atoms with E-state index in [0.717, 1.165) is 39.3 Å². The Kier molecular flexibility index (Phi) is 9.21. The summed E-state index contributed by atoms with van der Waals surface area (Å²) in [5.74, 6) is 1.25. The summed E-state index contributed by atoms with van der Waals surface area (Å²) >= 11 is 0. The van der Waals surface area contributed by atoms with Crippen molar-refractivity contribution in [2.45, 2.75) is 52.6 Å². The zero-order valence-corrected chi connectivity index (χ0v) is 16.8. The predicted octanol–water partition coefficient (Wildman–Crippen LogP) is 0.813. The minimum atomic E-state index is -0.228. The normalized spacial score (nSPS) is 18.1. The molecule has 0 aromatic carbocycles. The third-order valence-corrected chi connectivity index (χ3v) is 3.97. The number of guanidine groups is 1. The van der Waals surface area contributed by atoms with Gasteiger partial charge in [0.15, 0.2) is 5.96 Å². The molecule has 1 heterocycles. The van der Waals surface area contributed by atoms with Crippen LogP contribution in [-0.4, -0.2) is 74.8 Å². The molecule has 1 rings (SSSR count). The van der Waals surface area contributed by atoms with Gasteiger partial charge in [0, 0.05) is 38.3 Å². The fourth-order valence-electron chi connectivity index (χ4n) is 2.91. The summed E-state index contributed by atoms with van der Waals surface area (Å²) in [4.78, 5) is 18.6. The van der Waals surface area contributed by atoms with Crippen LogP contribution in [0.25, 0.3) is 0 Å². The number of morpholine rings is 1. The number of amides is 1. The van der Waals surface area contributed by atoms with E-state index in [1.54, 1.807) is 7.05 Å². The Balaban J connectivity index is 2.47. The number of ether oxygens (including phenoxy) is 1. The summed E-state index contributed by atoms with van der Waals surface area (Å²) in [5, 5.41) is 9.39. The van der Waals surface area contributed by atoms with Crippen LogP contribution in [0.3, 0.4) is 0 Å². The molecule has 1 aliphatic rings. The van der Waals surface area contributed by atoms with Gasteiger partial charge in [-0.3, -0.25) is 14.7 Å². The maximum atomic E-state index is 11.9. The van der Waals surface area contributed by atoms with Gasteiger partial charge in [0.25, 0.3) is 0 Å². The van der Waals surface area contributed by atoms with Crippen molar-refractivity contribution < 1.29 is 9.53 Å². The molecule has 1 saturated heterocycles. The fourth-order valence-corrected chi connectivity index (χ4v) is 2.91. The summed E-state index contributed by atoms with van der Waals surface area (Å²) in [6, 6.07) is 0.436. The third-order valence-electron chi connectivity index (χ3n) is 3.97. The molecule has 7 nitrogen and oxygen atoms in total. The van der Waals surface area contributed by atoms with Crippen molar-refractivity contribution in [3.05, 3.63) is 0 Å². The van der Waals surface area contributed by atoms with Crippen LogP contribution in [0.4, 0.5) is 0 Å². The van der Waals surface area contributed by atoms with E-state index in [0.29, 0.717) is 17.9 Å². The molecule has 1 aliphatic heterocycles. The van der Waals surface area contributed by atoms with E-state index >= 15 is 0 Å². The Labute approximate surface area is 153 Å². The van der Waals surface area contributed by atoms with Crippen molar-refractivity contribution in [1.29, 1.82) is 0 Å². The molecular formula is C18H37N5O2. The number of carbonyl (C=O) groups excluding carboxylic acids is 1. The van der Waals surface area contributed by atoms with Gasteiger partial charge < -0.3 is 20.7 Å². The van der Waals surface area contributed by atoms with Crippen molar-refractivity contribution in [3.8, 4) is 0 Å². The maximum Gasteiger partial charge on any atom is 0.239 e. The molecule has 0 aliphatic carbocycles. The van der Waals surface area contributed by atoms with Crippen molar-refractivity contribution in [3.63, 3.8) is 0 Å². The summed E-state index contributed by atoms with van der Waals surface area (Å²) < 4.78 is 5.46. The number of rotatable bonds is 7. The van der Waals surface area contributed by atoms with Crippen LogP contribution < -0.4 is 16.0 Å². The number of hydrogen-bond acceptors (Lipinski definition) is 4. The summed E-state index contributed by atoms with van der Waals surface area (Å²) in [6.45, 7) is 15.0. The molecule has 0 spiro atoms. The van der Waals surface area contributed by atoms with Crippen LogP contribution in [0, 0.1) is 5.92 Å². The van der Waals surface area contributed by atoms with Gasteiger partial charge in [0.2, 0.25) is 5.91 Å². The maximum absolute atomic E-state index is 11.9. The van der Waals surface area contributed by atoms with Crippen LogP contribution in [0.5, 0.6) is 0 Å². The average Bonchev–Trinajstić information content (AvgIpc) is 2.52. The average molecular weight is 356 g/mol. The first-order valence-electron chi connectivity index (χ1n) is 9.28. The molecule has 146 valence electrons. The largest absolute Gasteiger partial charge is 0.379 e. The van der Waals surface area contributed by atoms with Gasteiger partial charge in [-0.1, -0.05) is 13.8 Å². The molecule has 0 aromatic rings. The van der Waals surface area contributed by atoms with Crippen LogP contribution in [-0.2, 0) is 9.53 Å². The standard InChI is InChI=1S/C18H37N5O2/c1-14(2)11-15(23-7-9-25-10-8-23)12-20-17(19-6)21-13-16(24)22-18(3,4)5/h14-15H,7-13H2,1-6H3,(H,22,24)(H2,19,20,21). The first-order chi connectivity index (χ1) is 11.7. The molecule has 1 amide bonds. The summed E-state index contributed by atoms with van der Waals surface area (Å²) in [5.41, 5.74) is -0.228. The molecule has 0 radical (unpaired) electrons. The van der Waals surface area contributed by atoms with Crippen LogP contribution in [0.2, 0.25) is 0 Å². The molecule has 0 aromatic heterocycles. The van der Waals surface area contributed by atoms with E-state index in [2.05, 4.69) is 39.7 Å². The number of nitrogens with one attached hydrogen (secondary N) is 3. The Morgan fingerprint density at radius 2 is 1.84 bits per heavy atom. The highest BCUT2D eigenvalue weighted by Crippen LogP contribution is 2.12. The number of hydrogen-bond donors (Lipinski definition) is 3. The van der Waals surface area contributed by atoms with Gasteiger partial charge in [-0.15, -0.1) is 0 Å². The topological polar surface area (TPSA) is 78.0 Å². The van der Waals surface area contributed by atoms with Crippen molar-refractivity contribution >= 4 is 11.9 Å². The van der Waals surface area contributed by atoms with Crippen molar-refractivity contribution in [1.82, 2.24) is 20.9 Å². The number of nitrogens with zero attached hydrogens (tertiary/aromatic N) is 2. The van der Waals surface area contributed by atoms with Gasteiger partial charge in [0.05, 0.1) is 19.8 Å². The van der Waals surface area contributed by atoms with Crippen molar-refractivity contribution in [2.24, 2.45) is 10.9 Å². The second kappa shape index (κ2) is 10.6. The summed E-state index contributed by atoms with van der Waals surface area (Å²) in [7, 11) is 1.73. The lowest BCUT2D eigenvalue weighted by Crippen LogP contribution is -2.52. The van der Waals surface area contributed by atoms with E-state index in [9.17, 15) is 4.79 Å². The SMILES string of the molecule is CN=C(NCC(=O)NC(C)(C)C)NCC(CC(C)C)N1CCOCC1. The minimum Gasteiger partial charge on any atom is -0.379 e. The minimum absolute atomic E-state index is 0.0395. The van der Waals surface area contributed by atoms with E-state index in [1.165, 1.54) is 0 Å². The van der Waals surface area contributed by atoms with Gasteiger partial charge in [0.1, 0.15) is 0 Å². The summed E-state index contributed by atoms with van der Waals surface area (Å²) in [6.07, 6.45) is 1.12. The lowest BCUT2D eigenvalue weighted by atomic mass is 10.0. The first-order valence-corrected chi connectivity index (χ1v) is 9.28. The van der Waals surface area contributed by atoms with Gasteiger partial charge in [-0.05, 0) is 33.1 Å². The van der Waals surface area contributed by atoms with E-state index in [-0.39, 0.29) is 18.0 Å². The fraction of sp³-hybridized carbons (Fsp3) is 0.889. The molecular weight excluding hydrogens is 318 g/mol. The van der Waals surface area contributed by atoms with E-state index in [1.807, 2.05) is 20.8 Å². The third kappa shape index (κ3) is 9.65. The Bertz CT molecular complexity index is 426. The highest BCUT2D eigenvalue weighted by molar-refractivity contribution is 5.86. The lowest BCUT2D eigenvalue weighted by molar-refractivity contribution is -0.121. The highest BCUT2D eigenvalue weighted by atomic mass is 16.5. The van der Waals surface area contributed by atoms with Crippen molar-refractivity contribution in [2.75, 3.05) is 46.4 Å². The van der Waals surface area contributed by atoms with E-state index < -0.39 is 0 Å². The molecule has 3 N–H and O–H groups in total. The second-order valence-corrected chi connectivity index (χ2v) is 8.04. The predicted molar refractivity (Wildman–Crippen MR) is 103 cm³/mol. The quantitative estimate of drug-likeness (QED) is 0.465. The number of aliphatic imine (C=N–C) groups is 1. The Hall–Kier alpha value is -1.34. The lowest BCUT2D eigenvalue weighted by Gasteiger charge is -2.35. The monoisotopic (exact) mass is 355 g/mol. The van der Waals surface area contributed by atoms with Gasteiger partial charge in [-0.25, -0.2) is 0 Å². The molecule has 1 unspecified atom stereocenters. The first kappa shape index (κ1) is 21.7. The molecule has 1 fully saturated rings. The van der Waals surface area contributed by atoms with E-state index in [4.69, 9.17) is 4.74 Å².